The number of aryl methyl sites for hydroxylation is 4. The second-order valence-corrected chi connectivity index (χ2v) is 11.9. The number of aromatic nitrogens is 1. The van der Waals surface area contributed by atoms with Crippen molar-refractivity contribution in [2.24, 2.45) is 12.5 Å². The summed E-state index contributed by atoms with van der Waals surface area (Å²) in [5, 5.41) is 0. The molecule has 2 saturated carbocycles. The van der Waals surface area contributed by atoms with Crippen molar-refractivity contribution in [3.05, 3.63) is 76.0 Å². The van der Waals surface area contributed by atoms with Gasteiger partial charge in [-0.05, 0) is 110 Å². The summed E-state index contributed by atoms with van der Waals surface area (Å²) in [7, 11) is 2.25. The van der Waals surface area contributed by atoms with E-state index in [1.807, 2.05) is 0 Å². The van der Waals surface area contributed by atoms with Gasteiger partial charge in [-0.3, -0.25) is 0 Å². The molecule has 0 atom stereocenters. The topological polar surface area (TPSA) is 3.88 Å². The number of fused-ring (bicyclic) bond motifs is 3. The molecule has 0 aliphatic heterocycles. The van der Waals surface area contributed by atoms with Gasteiger partial charge in [0.1, 0.15) is 7.05 Å². The van der Waals surface area contributed by atoms with Crippen LogP contribution in [-0.4, -0.2) is 0 Å². The lowest BCUT2D eigenvalue weighted by molar-refractivity contribution is -0.660. The molecule has 3 aliphatic carbocycles. The lowest BCUT2D eigenvalue weighted by atomic mass is 9.62. The van der Waals surface area contributed by atoms with Crippen LogP contribution in [0.2, 0.25) is 0 Å². The summed E-state index contributed by atoms with van der Waals surface area (Å²) in [5.41, 5.74) is 15.3. The Balaban J connectivity index is 1.38. The minimum atomic E-state index is 0.686. The number of hydrogen-bond donors (Lipinski definition) is 0. The van der Waals surface area contributed by atoms with E-state index in [4.69, 9.17) is 0 Å². The van der Waals surface area contributed by atoms with Gasteiger partial charge in [0.05, 0.1) is 5.56 Å². The number of nitrogens with zero attached hydrogens (tertiary/aromatic N) is 1. The first kappa shape index (κ1) is 22.1. The lowest BCUT2D eigenvalue weighted by Crippen LogP contribution is -2.33. The van der Waals surface area contributed by atoms with Crippen molar-refractivity contribution < 1.29 is 4.57 Å². The van der Waals surface area contributed by atoms with Gasteiger partial charge in [0.2, 0.25) is 5.69 Å². The van der Waals surface area contributed by atoms with Crippen LogP contribution in [0.5, 0.6) is 0 Å². The van der Waals surface area contributed by atoms with Gasteiger partial charge in [-0.15, -0.1) is 0 Å². The van der Waals surface area contributed by atoms with Crippen molar-refractivity contribution in [2.45, 2.75) is 90.9 Å². The van der Waals surface area contributed by atoms with Crippen LogP contribution in [0, 0.1) is 26.2 Å². The van der Waals surface area contributed by atoms with Gasteiger partial charge < -0.3 is 0 Å². The van der Waals surface area contributed by atoms with Crippen molar-refractivity contribution in [1.82, 2.24) is 0 Å². The monoisotopic (exact) mass is 450 g/mol. The molecule has 0 saturated heterocycles. The molecule has 2 fully saturated rings. The third-order valence-electron chi connectivity index (χ3n) is 9.61. The Kier molecular flexibility index (Phi) is 5.43. The molecular weight excluding hydrogens is 410 g/mol. The summed E-state index contributed by atoms with van der Waals surface area (Å²) in [6.45, 7) is 6.85. The smallest absolute Gasteiger partial charge is 0.201 e. The Bertz CT molecular complexity index is 1250. The van der Waals surface area contributed by atoms with Gasteiger partial charge in [-0.1, -0.05) is 55.2 Å². The molecule has 6 rings (SSSR count). The van der Waals surface area contributed by atoms with Gasteiger partial charge >= 0.3 is 0 Å². The van der Waals surface area contributed by atoms with E-state index in [9.17, 15) is 0 Å². The van der Waals surface area contributed by atoms with E-state index in [-0.39, 0.29) is 0 Å². The van der Waals surface area contributed by atoms with Crippen molar-refractivity contribution in [3.8, 4) is 22.4 Å². The molecule has 34 heavy (non-hydrogen) atoms. The minimum Gasteiger partial charge on any atom is -0.201 e. The highest BCUT2D eigenvalue weighted by Gasteiger charge is 2.37. The maximum absolute atomic E-state index is 2.58. The van der Waals surface area contributed by atoms with E-state index in [2.05, 4.69) is 75.0 Å². The van der Waals surface area contributed by atoms with Gasteiger partial charge in [-0.25, -0.2) is 4.57 Å². The molecule has 0 N–H and O–H groups in total. The largest absolute Gasteiger partial charge is 0.213 e. The Hall–Kier alpha value is -2.41. The Morgan fingerprint density at radius 2 is 1.53 bits per heavy atom. The van der Waals surface area contributed by atoms with Gasteiger partial charge in [-0.2, -0.15) is 0 Å². The van der Waals surface area contributed by atoms with Crippen LogP contribution in [0.1, 0.15) is 97.1 Å². The average molecular weight is 451 g/mol. The molecule has 2 aromatic carbocycles. The third kappa shape index (κ3) is 3.63. The highest BCUT2D eigenvalue weighted by atomic mass is 14.9. The zero-order valence-corrected chi connectivity index (χ0v) is 21.6. The lowest BCUT2D eigenvalue weighted by Gasteiger charge is -2.43. The summed E-state index contributed by atoms with van der Waals surface area (Å²) in [5.74, 6) is 0.726. The standard InChI is InChI=1S/C33H40N/c1-22-8-10-27-26(18-22)19-30-28(27)11-9-23(2)32(30)31-20-29(24(3)21-34(31)4)25-12-16-33(17-13-25)14-6-5-7-15-33/h8-11,18,20-21,25H,5-7,12-17,19H2,1-4H3/q+1. The maximum atomic E-state index is 2.58. The highest BCUT2D eigenvalue weighted by Crippen LogP contribution is 2.51. The SMILES string of the molecule is Cc1ccc2c(c1)Cc1c-2ccc(C)c1-c1cc(C2CCC3(CCCCC3)CC2)c(C)c[n+]1C. The predicted molar refractivity (Wildman–Crippen MR) is 142 cm³/mol. The van der Waals surface area contributed by atoms with E-state index in [1.54, 1.807) is 5.56 Å². The van der Waals surface area contributed by atoms with Crippen LogP contribution in [0.15, 0.2) is 42.6 Å². The van der Waals surface area contributed by atoms with Crippen LogP contribution in [-0.2, 0) is 13.5 Å². The van der Waals surface area contributed by atoms with Crippen LogP contribution in [0.25, 0.3) is 22.4 Å². The molecule has 0 amide bonds. The molecular formula is C33H40N+. The molecule has 1 heterocycles. The van der Waals surface area contributed by atoms with Crippen molar-refractivity contribution in [1.29, 1.82) is 0 Å². The zero-order chi connectivity index (χ0) is 23.4. The van der Waals surface area contributed by atoms with Crippen LogP contribution < -0.4 is 4.57 Å². The predicted octanol–water partition coefficient (Wildman–Crippen LogP) is 8.28. The molecule has 3 aliphatic rings. The average Bonchev–Trinajstić information content (AvgIpc) is 3.18. The normalized spacial score (nSPS) is 19.3. The molecule has 1 spiro atoms. The first-order valence-corrected chi connectivity index (χ1v) is 13.7. The summed E-state index contributed by atoms with van der Waals surface area (Å²) < 4.78 is 2.39. The maximum Gasteiger partial charge on any atom is 0.213 e. The highest BCUT2D eigenvalue weighted by molar-refractivity contribution is 5.85. The van der Waals surface area contributed by atoms with E-state index in [1.165, 1.54) is 108 Å². The minimum absolute atomic E-state index is 0.686. The Morgan fingerprint density at radius 3 is 2.29 bits per heavy atom. The zero-order valence-electron chi connectivity index (χ0n) is 21.6. The number of hydrogen-bond acceptors (Lipinski definition) is 0. The van der Waals surface area contributed by atoms with Crippen molar-refractivity contribution in [2.75, 3.05) is 0 Å². The second kappa shape index (κ2) is 8.36. The van der Waals surface area contributed by atoms with E-state index < -0.39 is 0 Å². The summed E-state index contributed by atoms with van der Waals surface area (Å²) >= 11 is 0. The molecule has 1 heteroatoms. The summed E-state index contributed by atoms with van der Waals surface area (Å²) in [6.07, 6.45) is 16.5. The molecule has 1 nitrogen and oxygen atoms in total. The van der Waals surface area contributed by atoms with Crippen LogP contribution in [0.3, 0.4) is 0 Å². The third-order valence-corrected chi connectivity index (χ3v) is 9.61. The van der Waals surface area contributed by atoms with Gasteiger partial charge in [0.25, 0.3) is 0 Å². The molecule has 0 radical (unpaired) electrons. The Morgan fingerprint density at radius 1 is 0.794 bits per heavy atom. The molecule has 1 aromatic heterocycles. The van der Waals surface area contributed by atoms with Crippen molar-refractivity contribution >= 4 is 0 Å². The number of benzene rings is 2. The summed E-state index contributed by atoms with van der Waals surface area (Å²) in [6, 6.07) is 14.3. The second-order valence-electron chi connectivity index (χ2n) is 11.9. The fraction of sp³-hybridized carbons (Fsp3) is 0.485. The van der Waals surface area contributed by atoms with E-state index in [0.29, 0.717) is 5.41 Å². The van der Waals surface area contributed by atoms with Crippen molar-refractivity contribution in [3.63, 3.8) is 0 Å². The Labute approximate surface area is 206 Å². The number of pyridine rings is 1. The summed E-state index contributed by atoms with van der Waals surface area (Å²) in [4.78, 5) is 0. The fourth-order valence-electron chi connectivity index (χ4n) is 7.71. The first-order chi connectivity index (χ1) is 16.4. The van der Waals surface area contributed by atoms with Gasteiger partial charge in [0, 0.05) is 11.6 Å². The van der Waals surface area contributed by atoms with Crippen LogP contribution in [0.4, 0.5) is 0 Å². The quantitative estimate of drug-likeness (QED) is 0.270. The van der Waals surface area contributed by atoms with Gasteiger partial charge in [0.15, 0.2) is 6.20 Å². The molecule has 3 aromatic rings. The van der Waals surface area contributed by atoms with Crippen LogP contribution >= 0.6 is 0 Å². The first-order valence-electron chi connectivity index (χ1n) is 13.7. The molecule has 0 bridgehead atoms. The molecule has 176 valence electrons. The van der Waals surface area contributed by atoms with E-state index >= 15 is 0 Å². The van der Waals surface area contributed by atoms with E-state index in [0.717, 1.165) is 12.3 Å². The number of rotatable bonds is 2. The fourth-order valence-corrected chi connectivity index (χ4v) is 7.71. The molecule has 0 unspecified atom stereocenters.